The molecule has 5 aliphatic heterocycles. The molecule has 0 bridgehead atoms. The van der Waals surface area contributed by atoms with Crippen molar-refractivity contribution in [1.82, 2.24) is 39.4 Å². The maximum absolute atomic E-state index is 15.7. The lowest BCUT2D eigenvalue weighted by Crippen LogP contribution is -2.73. The van der Waals surface area contributed by atoms with Crippen molar-refractivity contribution in [3.8, 4) is 16.9 Å². The molecule has 10 rings (SSSR count). The SMILES string of the molecule is O=C1CCC(Oc2ccc(C3CCN(CC(=O)N4CC5(C4)CN(c4ncc(-c6cnc7[nH]cc(C(=O)c8c(F)ccc(NS(=O)(=O)N9CCCC9)c8F)c7c6)cn4)C5)CC3)cc2)C(=O)N1. The highest BCUT2D eigenvalue weighted by molar-refractivity contribution is 7.90. The fourth-order valence-corrected chi connectivity index (χ4v) is 10.9. The first-order valence-electron chi connectivity index (χ1n) is 21.8. The number of ether oxygens (including phenoxy) is 1. The summed E-state index contributed by atoms with van der Waals surface area (Å²) in [6, 6.07) is 11.3. The van der Waals surface area contributed by atoms with Crippen LogP contribution in [0.5, 0.6) is 5.75 Å². The summed E-state index contributed by atoms with van der Waals surface area (Å²) < 4.78 is 65.6. The molecule has 3 N–H and O–H groups in total. The summed E-state index contributed by atoms with van der Waals surface area (Å²) >= 11 is 0. The van der Waals surface area contributed by atoms with Crippen LogP contribution in [0.2, 0.25) is 0 Å². The number of halogens is 2. The van der Waals surface area contributed by atoms with Gasteiger partial charge in [-0.25, -0.2) is 23.7 Å². The van der Waals surface area contributed by atoms with Gasteiger partial charge in [-0.3, -0.25) is 34.1 Å². The van der Waals surface area contributed by atoms with Gasteiger partial charge in [-0.15, -0.1) is 0 Å². The molecule has 3 amide bonds. The van der Waals surface area contributed by atoms with Crippen molar-refractivity contribution < 1.29 is 41.1 Å². The van der Waals surface area contributed by atoms with Crippen LogP contribution in [-0.4, -0.2) is 131 Å². The number of hydrogen-bond acceptors (Lipinski definition) is 12. The van der Waals surface area contributed by atoms with Gasteiger partial charge in [-0.05, 0) is 80.6 Å². The molecular formula is C45H46F2N10O7S. The largest absolute Gasteiger partial charge is 0.481 e. The first kappa shape index (κ1) is 42.6. The van der Waals surface area contributed by atoms with Crippen molar-refractivity contribution in [2.24, 2.45) is 5.41 Å². The number of rotatable bonds is 12. The molecule has 338 valence electrons. The molecule has 8 heterocycles. The van der Waals surface area contributed by atoms with Crippen LogP contribution in [0, 0.1) is 17.0 Å². The molecule has 1 spiro atoms. The molecule has 3 aromatic heterocycles. The van der Waals surface area contributed by atoms with Gasteiger partial charge in [0, 0.05) is 104 Å². The summed E-state index contributed by atoms with van der Waals surface area (Å²) in [7, 11) is -4.10. The molecule has 5 fully saturated rings. The minimum Gasteiger partial charge on any atom is -0.481 e. The Morgan fingerprint density at radius 3 is 2.29 bits per heavy atom. The van der Waals surface area contributed by atoms with Crippen LogP contribution in [0.15, 0.2) is 67.3 Å². The summed E-state index contributed by atoms with van der Waals surface area (Å²) in [5, 5.41) is 2.62. The summed E-state index contributed by atoms with van der Waals surface area (Å²) in [6.07, 6.45) is 9.35. The summed E-state index contributed by atoms with van der Waals surface area (Å²) in [6.45, 7) is 5.38. The Hall–Kier alpha value is -6.38. The maximum Gasteiger partial charge on any atom is 0.301 e. The molecule has 0 saturated carbocycles. The van der Waals surface area contributed by atoms with Gasteiger partial charge in [0.2, 0.25) is 23.5 Å². The number of amides is 3. The zero-order chi connectivity index (χ0) is 45.0. The minimum atomic E-state index is -4.10. The van der Waals surface area contributed by atoms with Gasteiger partial charge in [0.15, 0.2) is 11.9 Å². The fraction of sp³-hybridized carbons (Fsp3) is 0.400. The Morgan fingerprint density at radius 2 is 1.58 bits per heavy atom. The number of carbonyl (C=O) groups excluding carboxylic acids is 4. The van der Waals surface area contributed by atoms with Crippen molar-refractivity contribution >= 4 is 56.4 Å². The number of carbonyl (C=O) groups is 4. The van der Waals surface area contributed by atoms with E-state index in [4.69, 9.17) is 4.74 Å². The molecular weight excluding hydrogens is 863 g/mol. The van der Waals surface area contributed by atoms with E-state index in [2.05, 4.69) is 39.8 Å². The number of nitrogens with one attached hydrogen (secondary N) is 3. The van der Waals surface area contributed by atoms with E-state index in [1.54, 1.807) is 24.7 Å². The van der Waals surface area contributed by atoms with Gasteiger partial charge in [0.05, 0.1) is 17.8 Å². The Labute approximate surface area is 372 Å². The van der Waals surface area contributed by atoms with E-state index in [1.165, 1.54) is 16.1 Å². The van der Waals surface area contributed by atoms with Crippen LogP contribution in [0.25, 0.3) is 22.2 Å². The zero-order valence-corrected chi connectivity index (χ0v) is 36.1. The van der Waals surface area contributed by atoms with Gasteiger partial charge in [0.25, 0.3) is 5.91 Å². The third-order valence-electron chi connectivity index (χ3n) is 13.2. The molecule has 0 aliphatic carbocycles. The summed E-state index contributed by atoms with van der Waals surface area (Å²) in [5.41, 5.74) is 1.21. The molecule has 17 nitrogen and oxygen atoms in total. The maximum atomic E-state index is 15.7. The molecule has 5 aliphatic rings. The molecule has 5 aromatic rings. The minimum absolute atomic E-state index is 0.00161. The highest BCUT2D eigenvalue weighted by atomic mass is 32.2. The molecule has 65 heavy (non-hydrogen) atoms. The predicted octanol–water partition coefficient (Wildman–Crippen LogP) is 3.99. The molecule has 1 atom stereocenters. The van der Waals surface area contributed by atoms with Crippen molar-refractivity contribution in [2.75, 3.05) is 68.5 Å². The van der Waals surface area contributed by atoms with E-state index in [-0.39, 0.29) is 42.3 Å². The van der Waals surface area contributed by atoms with Crippen LogP contribution in [-0.2, 0) is 24.6 Å². The number of nitrogens with zero attached hydrogens (tertiary/aromatic N) is 7. The van der Waals surface area contributed by atoms with Crippen molar-refractivity contribution in [3.05, 3.63) is 95.6 Å². The number of hydrogen-bond donors (Lipinski definition) is 3. The normalized spacial score (nSPS) is 20.4. The average Bonchev–Trinajstić information content (AvgIpc) is 3.98. The topological polar surface area (TPSA) is 203 Å². The second kappa shape index (κ2) is 16.9. The number of anilines is 2. The number of benzene rings is 2. The Kier molecular flexibility index (Phi) is 11.1. The van der Waals surface area contributed by atoms with Gasteiger partial charge in [-0.1, -0.05) is 12.1 Å². The number of fused-ring (bicyclic) bond motifs is 1. The van der Waals surface area contributed by atoms with Crippen LogP contribution < -0.4 is 19.7 Å². The molecule has 5 saturated heterocycles. The lowest BCUT2D eigenvalue weighted by Gasteiger charge is -2.60. The van der Waals surface area contributed by atoms with Crippen molar-refractivity contribution in [1.29, 1.82) is 0 Å². The van der Waals surface area contributed by atoms with E-state index in [0.29, 0.717) is 78.7 Å². The number of likely N-dealkylation sites (tertiary alicyclic amines) is 2. The van der Waals surface area contributed by atoms with Gasteiger partial charge in [0.1, 0.15) is 17.2 Å². The predicted molar refractivity (Wildman–Crippen MR) is 233 cm³/mol. The van der Waals surface area contributed by atoms with Crippen LogP contribution in [0.4, 0.5) is 20.4 Å². The standard InChI is InChI=1S/C45H46F2N10O7S/c46-34-7-8-35(53-65(62,63)57-13-1-2-14-57)40(47)39(34)41(60)33-21-49-42-32(33)17-29(18-48-42)30-19-50-44(51-20-30)56-25-45(26-56)23-55(24-45)38(59)22-54-15-11-28(12-16-54)27-3-5-31(6-4-27)64-36-9-10-37(58)52-43(36)61/h3-8,17-21,28,36,53H,1-2,9-16,22-26H2,(H,48,49)(H,52,58,61). The summed E-state index contributed by atoms with van der Waals surface area (Å²) in [5.74, 6) is -2.48. The number of aromatic nitrogens is 4. The highest BCUT2D eigenvalue weighted by Gasteiger charge is 2.54. The van der Waals surface area contributed by atoms with E-state index in [0.717, 1.165) is 51.2 Å². The monoisotopic (exact) mass is 908 g/mol. The number of pyridine rings is 1. The smallest absolute Gasteiger partial charge is 0.301 e. The highest BCUT2D eigenvalue weighted by Crippen LogP contribution is 2.41. The van der Waals surface area contributed by atoms with Crippen LogP contribution in [0.3, 0.4) is 0 Å². The fourth-order valence-electron chi connectivity index (χ4n) is 9.62. The third-order valence-corrected chi connectivity index (χ3v) is 14.7. The second-order valence-corrected chi connectivity index (χ2v) is 19.4. The van der Waals surface area contributed by atoms with Gasteiger partial charge in [-0.2, -0.15) is 12.7 Å². The lowest BCUT2D eigenvalue weighted by atomic mass is 9.73. The van der Waals surface area contributed by atoms with E-state index >= 15 is 8.78 Å². The molecule has 0 radical (unpaired) electrons. The lowest BCUT2D eigenvalue weighted by molar-refractivity contribution is -0.146. The van der Waals surface area contributed by atoms with Crippen molar-refractivity contribution in [2.45, 2.75) is 50.5 Å². The quantitative estimate of drug-likeness (QED) is 0.120. The first-order valence-corrected chi connectivity index (χ1v) is 23.2. The number of H-pyrrole nitrogens is 1. The van der Waals surface area contributed by atoms with Gasteiger partial charge >= 0.3 is 10.2 Å². The third kappa shape index (κ3) is 8.41. The van der Waals surface area contributed by atoms with Crippen LogP contribution in [0.1, 0.15) is 65.9 Å². The Balaban J connectivity index is 0.704. The first-order chi connectivity index (χ1) is 31.3. The van der Waals surface area contributed by atoms with Gasteiger partial charge < -0.3 is 19.5 Å². The second-order valence-electron chi connectivity index (χ2n) is 17.7. The molecule has 1 unspecified atom stereocenters. The van der Waals surface area contributed by atoms with E-state index in [9.17, 15) is 27.6 Å². The summed E-state index contributed by atoms with van der Waals surface area (Å²) in [4.78, 5) is 73.1. The molecule has 2 aromatic carbocycles. The number of aromatic amines is 1. The number of piperidine rings is 2. The van der Waals surface area contributed by atoms with Crippen molar-refractivity contribution in [3.63, 3.8) is 0 Å². The Morgan fingerprint density at radius 1 is 0.877 bits per heavy atom. The Bertz CT molecular complexity index is 2800. The number of ketones is 1. The van der Waals surface area contributed by atoms with Crippen LogP contribution >= 0.6 is 0 Å². The average molecular weight is 909 g/mol. The molecule has 20 heteroatoms. The number of imide groups is 1. The van der Waals surface area contributed by atoms with E-state index in [1.807, 2.05) is 29.2 Å². The zero-order valence-electron chi connectivity index (χ0n) is 35.3. The van der Waals surface area contributed by atoms with E-state index < -0.39 is 50.9 Å².